The van der Waals surface area contributed by atoms with Crippen molar-refractivity contribution in [1.29, 1.82) is 0 Å². The fraction of sp³-hybridized carbons (Fsp3) is 0.774. The molecule has 4 fully saturated rings. The topological polar surface area (TPSA) is 74.3 Å². The lowest BCUT2D eigenvalue weighted by Crippen LogP contribution is -2.54. The number of nitrogens with zero attached hydrogens (tertiary/aromatic N) is 2. The average molecular weight is 528 g/mol. The van der Waals surface area contributed by atoms with Gasteiger partial charge in [-0.25, -0.2) is 0 Å². The molecule has 4 aliphatic rings. The molecule has 4 atom stereocenters. The van der Waals surface area contributed by atoms with Crippen molar-refractivity contribution < 1.29 is 19.4 Å². The first-order chi connectivity index (χ1) is 18.1. The lowest BCUT2D eigenvalue weighted by Gasteiger charge is -2.51. The van der Waals surface area contributed by atoms with Gasteiger partial charge in [0.05, 0.1) is 18.4 Å². The summed E-state index contributed by atoms with van der Waals surface area (Å²) in [5, 5.41) is 15.2. The molecule has 7 nitrogen and oxygen atoms in total. The van der Waals surface area contributed by atoms with Crippen LogP contribution in [0, 0.1) is 16.7 Å². The summed E-state index contributed by atoms with van der Waals surface area (Å²) in [5.41, 5.74) is 0.682. The Labute approximate surface area is 229 Å². The van der Waals surface area contributed by atoms with Crippen LogP contribution in [0.15, 0.2) is 24.3 Å². The highest BCUT2D eigenvalue weighted by molar-refractivity contribution is 5.76. The van der Waals surface area contributed by atoms with Gasteiger partial charge in [-0.2, -0.15) is 0 Å². The number of methoxy groups -OCH3 is 1. The zero-order valence-corrected chi connectivity index (χ0v) is 24.0. The lowest BCUT2D eigenvalue weighted by molar-refractivity contribution is -0.133. The van der Waals surface area contributed by atoms with Gasteiger partial charge in [0.15, 0.2) is 0 Å². The number of benzene rings is 1. The second kappa shape index (κ2) is 11.0. The average Bonchev–Trinajstić information content (AvgIpc) is 3.13. The standard InChI is InChI=1S/C31H49N3O4/c1-29(2)22-27(32-23-10-19-38-20-11-23)31(14-13-30(3,36)21-26(29)31)12-9-28(35)34-17-15-33(16-18-34)24-7-5-6-8-25(24)37-4/h5-8,23,26-27,32,36H,9-22H2,1-4H3/t26-,27-,30-,31-/m0/s1. The molecule has 1 amide bonds. The summed E-state index contributed by atoms with van der Waals surface area (Å²) in [5.74, 6) is 1.58. The molecule has 2 aliphatic heterocycles. The molecule has 2 N–H and O–H groups in total. The number of para-hydroxylation sites is 2. The van der Waals surface area contributed by atoms with Crippen LogP contribution in [-0.2, 0) is 9.53 Å². The number of amides is 1. The number of ether oxygens (including phenoxy) is 2. The number of rotatable bonds is 7. The fourth-order valence-electron chi connectivity index (χ4n) is 8.20. The predicted molar refractivity (Wildman–Crippen MR) is 151 cm³/mol. The van der Waals surface area contributed by atoms with Crippen LogP contribution in [0.2, 0.25) is 0 Å². The molecule has 0 radical (unpaired) electrons. The molecule has 0 spiro atoms. The van der Waals surface area contributed by atoms with Crippen molar-refractivity contribution in [3.05, 3.63) is 24.3 Å². The zero-order chi connectivity index (χ0) is 27.0. The first-order valence-electron chi connectivity index (χ1n) is 14.9. The van der Waals surface area contributed by atoms with Crippen LogP contribution in [0.25, 0.3) is 0 Å². The third kappa shape index (κ3) is 5.57. The smallest absolute Gasteiger partial charge is 0.222 e. The number of nitrogens with one attached hydrogen (secondary N) is 1. The molecule has 1 aromatic carbocycles. The highest BCUT2D eigenvalue weighted by Crippen LogP contribution is 2.64. The summed E-state index contributed by atoms with van der Waals surface area (Å²) in [7, 11) is 1.71. The van der Waals surface area contributed by atoms with Gasteiger partial charge in [-0.1, -0.05) is 26.0 Å². The highest BCUT2D eigenvalue weighted by atomic mass is 16.5. The van der Waals surface area contributed by atoms with E-state index in [1.165, 1.54) is 0 Å². The number of aliphatic hydroxyl groups is 1. The Kier molecular flexibility index (Phi) is 8.01. The summed E-state index contributed by atoms with van der Waals surface area (Å²) >= 11 is 0. The number of hydrogen-bond acceptors (Lipinski definition) is 6. The van der Waals surface area contributed by atoms with Crippen molar-refractivity contribution in [3.8, 4) is 5.75 Å². The Morgan fingerprint density at radius 2 is 1.79 bits per heavy atom. The molecule has 7 heteroatoms. The van der Waals surface area contributed by atoms with Crippen molar-refractivity contribution in [2.75, 3.05) is 51.4 Å². The molecular formula is C31H49N3O4. The van der Waals surface area contributed by atoms with Gasteiger partial charge >= 0.3 is 0 Å². The Morgan fingerprint density at radius 1 is 1.08 bits per heavy atom. The van der Waals surface area contributed by atoms with Gasteiger partial charge in [0.25, 0.3) is 0 Å². The van der Waals surface area contributed by atoms with E-state index in [-0.39, 0.29) is 16.7 Å². The number of carbonyl (C=O) groups excluding carboxylic acids is 1. The van der Waals surface area contributed by atoms with Crippen molar-refractivity contribution in [2.24, 2.45) is 16.7 Å². The van der Waals surface area contributed by atoms with Crippen molar-refractivity contribution in [1.82, 2.24) is 10.2 Å². The summed E-state index contributed by atoms with van der Waals surface area (Å²) in [6.45, 7) is 11.6. The van der Waals surface area contributed by atoms with E-state index in [1.807, 2.05) is 25.1 Å². The maximum atomic E-state index is 13.6. The van der Waals surface area contributed by atoms with Crippen LogP contribution >= 0.6 is 0 Å². The first kappa shape index (κ1) is 27.7. The van der Waals surface area contributed by atoms with E-state index in [0.29, 0.717) is 24.4 Å². The Hall–Kier alpha value is -1.83. The Bertz CT molecular complexity index is 968. The maximum absolute atomic E-state index is 13.6. The van der Waals surface area contributed by atoms with Crippen molar-refractivity contribution in [2.45, 2.75) is 89.8 Å². The molecule has 212 valence electrons. The molecule has 2 aliphatic carbocycles. The van der Waals surface area contributed by atoms with Crippen molar-refractivity contribution >= 4 is 11.6 Å². The van der Waals surface area contributed by atoms with Crippen LogP contribution < -0.4 is 15.0 Å². The normalized spacial score (nSPS) is 33.7. The Morgan fingerprint density at radius 3 is 2.50 bits per heavy atom. The van der Waals surface area contributed by atoms with E-state index in [9.17, 15) is 9.90 Å². The first-order valence-corrected chi connectivity index (χ1v) is 14.9. The maximum Gasteiger partial charge on any atom is 0.222 e. The van der Waals surface area contributed by atoms with Crippen LogP contribution in [0.3, 0.4) is 0 Å². The summed E-state index contributed by atoms with van der Waals surface area (Å²) < 4.78 is 11.2. The van der Waals surface area contributed by atoms with E-state index < -0.39 is 5.60 Å². The minimum absolute atomic E-state index is 0.0545. The number of anilines is 1. The van der Waals surface area contributed by atoms with Gasteiger partial charge in [-0.3, -0.25) is 4.79 Å². The summed E-state index contributed by atoms with van der Waals surface area (Å²) in [6.07, 6.45) is 7.37. The Balaban J connectivity index is 1.26. The van der Waals surface area contributed by atoms with Crippen molar-refractivity contribution in [3.63, 3.8) is 0 Å². The SMILES string of the molecule is COc1ccccc1N1CCN(C(=O)CC[C@]23CC[C@](C)(O)C[C@H]2C(C)(C)C[C@@H]3NC2CCOCC2)CC1. The molecule has 38 heavy (non-hydrogen) atoms. The van der Waals surface area contributed by atoms with Crippen LogP contribution in [0.5, 0.6) is 5.75 Å². The minimum Gasteiger partial charge on any atom is -0.495 e. The predicted octanol–water partition coefficient (Wildman–Crippen LogP) is 4.23. The molecule has 1 aromatic rings. The summed E-state index contributed by atoms with van der Waals surface area (Å²) in [6, 6.07) is 9.01. The van der Waals surface area contributed by atoms with Crippen LogP contribution in [0.4, 0.5) is 5.69 Å². The van der Waals surface area contributed by atoms with E-state index in [1.54, 1.807) is 7.11 Å². The van der Waals surface area contributed by atoms with Crippen LogP contribution in [-0.4, -0.2) is 80.1 Å². The highest BCUT2D eigenvalue weighted by Gasteiger charge is 2.61. The molecule has 5 rings (SSSR count). The quantitative estimate of drug-likeness (QED) is 0.553. The number of hydrogen-bond donors (Lipinski definition) is 2. The third-order valence-corrected chi connectivity index (χ3v) is 10.4. The molecule has 2 saturated carbocycles. The molecule has 2 heterocycles. The van der Waals surface area contributed by atoms with Gasteiger partial charge in [-0.15, -0.1) is 0 Å². The van der Waals surface area contributed by atoms with E-state index in [0.717, 1.165) is 95.8 Å². The molecule has 2 saturated heterocycles. The number of piperazine rings is 1. The minimum atomic E-state index is -0.613. The van der Waals surface area contributed by atoms with E-state index in [4.69, 9.17) is 9.47 Å². The molecule has 0 aromatic heterocycles. The summed E-state index contributed by atoms with van der Waals surface area (Å²) in [4.78, 5) is 18.0. The number of fused-ring (bicyclic) bond motifs is 1. The fourth-order valence-corrected chi connectivity index (χ4v) is 8.20. The second-order valence-corrected chi connectivity index (χ2v) is 13.3. The van der Waals surface area contributed by atoms with Crippen LogP contribution in [0.1, 0.15) is 72.1 Å². The van der Waals surface area contributed by atoms with E-state index >= 15 is 0 Å². The van der Waals surface area contributed by atoms with Gasteiger partial charge in [0.1, 0.15) is 5.75 Å². The lowest BCUT2D eigenvalue weighted by atomic mass is 9.57. The van der Waals surface area contributed by atoms with Gasteiger partial charge in [0.2, 0.25) is 5.91 Å². The molecular weight excluding hydrogens is 478 g/mol. The molecule has 0 unspecified atom stereocenters. The monoisotopic (exact) mass is 527 g/mol. The van der Waals surface area contributed by atoms with Gasteiger partial charge in [0, 0.05) is 57.9 Å². The number of carbonyl (C=O) groups is 1. The zero-order valence-electron chi connectivity index (χ0n) is 24.0. The third-order valence-electron chi connectivity index (χ3n) is 10.4. The molecule has 0 bridgehead atoms. The van der Waals surface area contributed by atoms with Gasteiger partial charge in [-0.05, 0) is 80.8 Å². The van der Waals surface area contributed by atoms with E-state index in [2.05, 4.69) is 35.0 Å². The second-order valence-electron chi connectivity index (χ2n) is 13.3. The van der Waals surface area contributed by atoms with Gasteiger partial charge < -0.3 is 29.7 Å². The largest absolute Gasteiger partial charge is 0.495 e.